The average molecular weight is 358 g/mol. The molecule has 0 aromatic heterocycles. The third kappa shape index (κ3) is 9.49. The SMILES string of the molecule is CC(C)[Si](O)(C(C)C)C(C)C.[C-]1=CC=CC1.[Cl][Ti][Cl]. The van der Waals surface area contributed by atoms with E-state index in [4.69, 9.17) is 18.6 Å². The van der Waals surface area contributed by atoms with Crippen LogP contribution in [0, 0.1) is 6.08 Å². The fraction of sp³-hybridized carbons (Fsp3) is 0.714. The number of allylic oxidation sites excluding steroid dienone is 4. The van der Waals surface area contributed by atoms with E-state index in [-0.39, 0.29) is 0 Å². The monoisotopic (exact) mass is 357 g/mol. The van der Waals surface area contributed by atoms with Crippen LogP contribution in [0.1, 0.15) is 48.0 Å². The zero-order chi connectivity index (χ0) is 15.5. The van der Waals surface area contributed by atoms with Crippen molar-refractivity contribution in [3.05, 3.63) is 24.3 Å². The summed E-state index contributed by atoms with van der Waals surface area (Å²) in [5, 5.41) is 0. The molecule has 0 aromatic rings. The van der Waals surface area contributed by atoms with Crippen molar-refractivity contribution < 1.29 is 21.8 Å². The number of hydrogen-bond acceptors (Lipinski definition) is 1. The van der Waals surface area contributed by atoms with E-state index < -0.39 is 25.3 Å². The summed E-state index contributed by atoms with van der Waals surface area (Å²) in [5.41, 5.74) is 1.42. The second-order valence-electron chi connectivity index (χ2n) is 5.43. The van der Waals surface area contributed by atoms with Crippen LogP contribution in [0.5, 0.6) is 0 Å². The van der Waals surface area contributed by atoms with Crippen LogP contribution in [0.2, 0.25) is 16.6 Å². The molecule has 1 nitrogen and oxygen atoms in total. The molecule has 0 saturated heterocycles. The summed E-state index contributed by atoms with van der Waals surface area (Å²) in [6, 6.07) is 0. The van der Waals surface area contributed by atoms with Crippen LogP contribution in [-0.2, 0) is 17.0 Å². The van der Waals surface area contributed by atoms with E-state index >= 15 is 0 Å². The van der Waals surface area contributed by atoms with Crippen LogP contribution in [0.4, 0.5) is 0 Å². The van der Waals surface area contributed by atoms with Crippen molar-refractivity contribution in [2.75, 3.05) is 0 Å². The molecule has 0 saturated carbocycles. The van der Waals surface area contributed by atoms with Gasteiger partial charge in [-0.1, -0.05) is 41.5 Å². The Kier molecular flexibility index (Phi) is 14.8. The normalized spacial score (nSPS) is 13.3. The molecule has 0 spiro atoms. The van der Waals surface area contributed by atoms with E-state index in [1.165, 1.54) is 0 Å². The van der Waals surface area contributed by atoms with Gasteiger partial charge >= 0.3 is 35.6 Å². The van der Waals surface area contributed by atoms with E-state index in [2.05, 4.69) is 53.7 Å². The maximum atomic E-state index is 10.4. The third-order valence-electron chi connectivity index (χ3n) is 3.36. The second-order valence-corrected chi connectivity index (χ2v) is 13.2. The van der Waals surface area contributed by atoms with Gasteiger partial charge in [-0.15, -0.1) is 6.42 Å². The molecule has 0 amide bonds. The van der Waals surface area contributed by atoms with Gasteiger partial charge in [0.05, 0.1) is 0 Å². The Morgan fingerprint density at radius 3 is 1.47 bits per heavy atom. The van der Waals surface area contributed by atoms with Crippen LogP contribution in [0.15, 0.2) is 18.2 Å². The van der Waals surface area contributed by atoms with Crippen LogP contribution in [0.25, 0.3) is 0 Å². The maximum absolute atomic E-state index is 10.4. The summed E-state index contributed by atoms with van der Waals surface area (Å²) in [6.45, 7) is 12.9. The summed E-state index contributed by atoms with van der Waals surface area (Å²) < 4.78 is 0. The summed E-state index contributed by atoms with van der Waals surface area (Å²) >= 11 is -0.556. The minimum atomic E-state index is -1.98. The second kappa shape index (κ2) is 12.7. The first-order valence-corrected chi connectivity index (χ1v) is 13.1. The van der Waals surface area contributed by atoms with Gasteiger partial charge in [0.1, 0.15) is 0 Å². The Hall–Kier alpha value is 0.951. The molecule has 0 atom stereocenters. The molecule has 1 aliphatic carbocycles. The molecule has 1 rings (SSSR count). The molecular formula is C14H27Cl2OSiTi-. The van der Waals surface area contributed by atoms with E-state index in [9.17, 15) is 4.80 Å². The van der Waals surface area contributed by atoms with E-state index in [1.807, 2.05) is 12.2 Å². The summed E-state index contributed by atoms with van der Waals surface area (Å²) in [6.07, 6.45) is 10.0. The van der Waals surface area contributed by atoms with Crippen LogP contribution < -0.4 is 0 Å². The van der Waals surface area contributed by atoms with Crippen LogP contribution in [0.3, 0.4) is 0 Å². The third-order valence-corrected chi connectivity index (χ3v) is 8.91. The topological polar surface area (TPSA) is 20.2 Å². The standard InChI is InChI=1S/C9H22OSi.C5H5.2ClH.Ti/c1-7(2)11(10,8(3)4)9(5)6;1-2-4-5-3-1;;;/h7-10H,1-6H3;1-3H,4H2;2*1H;/q;-1;;;+2/p-2. The summed E-state index contributed by atoms with van der Waals surface area (Å²) in [5.74, 6) is 0. The summed E-state index contributed by atoms with van der Waals surface area (Å²) in [7, 11) is 7.80. The van der Waals surface area contributed by atoms with Crippen molar-refractivity contribution in [3.63, 3.8) is 0 Å². The van der Waals surface area contributed by atoms with Gasteiger partial charge in [0.15, 0.2) is 8.32 Å². The first-order valence-electron chi connectivity index (χ1n) is 6.65. The van der Waals surface area contributed by atoms with Crippen molar-refractivity contribution in [1.29, 1.82) is 0 Å². The minimum absolute atomic E-state index is 0.475. The molecule has 0 radical (unpaired) electrons. The first kappa shape index (κ1) is 22.2. The van der Waals surface area contributed by atoms with Crippen molar-refractivity contribution in [3.8, 4) is 0 Å². The molecule has 0 bridgehead atoms. The van der Waals surface area contributed by atoms with E-state index in [1.54, 1.807) is 0 Å². The van der Waals surface area contributed by atoms with Crippen molar-refractivity contribution >= 4 is 26.9 Å². The molecule has 19 heavy (non-hydrogen) atoms. The zero-order valence-electron chi connectivity index (χ0n) is 12.9. The molecule has 0 heterocycles. The van der Waals surface area contributed by atoms with Gasteiger partial charge < -0.3 is 4.80 Å². The molecule has 5 heteroatoms. The molecule has 0 fully saturated rings. The zero-order valence-corrected chi connectivity index (χ0v) is 16.9. The fourth-order valence-corrected chi connectivity index (χ4v) is 6.34. The molecule has 0 aromatic carbocycles. The van der Waals surface area contributed by atoms with Gasteiger partial charge in [-0.2, -0.15) is 6.08 Å². The van der Waals surface area contributed by atoms with Gasteiger partial charge in [-0.3, -0.25) is 6.08 Å². The Morgan fingerprint density at radius 1 is 1.05 bits per heavy atom. The Bertz CT molecular complexity index is 234. The molecule has 1 N–H and O–H groups in total. The predicted molar refractivity (Wildman–Crippen MR) is 86.5 cm³/mol. The molecule has 1 aliphatic rings. The Morgan fingerprint density at radius 2 is 1.42 bits per heavy atom. The van der Waals surface area contributed by atoms with Crippen molar-refractivity contribution in [2.24, 2.45) is 0 Å². The predicted octanol–water partition coefficient (Wildman–Crippen LogP) is 5.84. The number of rotatable bonds is 3. The molecule has 0 unspecified atom stereocenters. The fourth-order valence-electron chi connectivity index (χ4n) is 2.34. The van der Waals surface area contributed by atoms with Crippen molar-refractivity contribution in [2.45, 2.75) is 64.6 Å². The van der Waals surface area contributed by atoms with Gasteiger partial charge in [-0.05, 0) is 16.6 Å². The van der Waals surface area contributed by atoms with Crippen molar-refractivity contribution in [1.82, 2.24) is 0 Å². The summed E-state index contributed by atoms with van der Waals surface area (Å²) in [4.78, 5) is 10.4. The van der Waals surface area contributed by atoms with Gasteiger partial charge in [0.2, 0.25) is 0 Å². The van der Waals surface area contributed by atoms with Gasteiger partial charge in [-0.25, -0.2) is 12.2 Å². The van der Waals surface area contributed by atoms with E-state index in [0.29, 0.717) is 16.6 Å². The first-order chi connectivity index (χ1) is 8.74. The molecular weight excluding hydrogens is 331 g/mol. The van der Waals surface area contributed by atoms with Crippen LogP contribution in [-0.4, -0.2) is 13.1 Å². The quantitative estimate of drug-likeness (QED) is 0.497. The Labute approximate surface area is 137 Å². The number of halogens is 2. The average Bonchev–Trinajstić information content (AvgIpc) is 2.86. The van der Waals surface area contributed by atoms with Gasteiger partial charge in [0.25, 0.3) is 0 Å². The number of hydrogen-bond donors (Lipinski definition) is 1. The van der Waals surface area contributed by atoms with Crippen LogP contribution >= 0.6 is 18.6 Å². The Balaban J connectivity index is 0. The van der Waals surface area contributed by atoms with E-state index in [0.717, 1.165) is 6.42 Å². The molecule has 112 valence electrons. The van der Waals surface area contributed by atoms with Gasteiger partial charge in [0, 0.05) is 0 Å². The molecule has 0 aliphatic heterocycles.